The maximum absolute atomic E-state index is 12.3. The number of carbonyl (C=O) groups excluding carboxylic acids is 1. The van der Waals surface area contributed by atoms with Crippen LogP contribution in [0.15, 0.2) is 78.9 Å². The van der Waals surface area contributed by atoms with E-state index < -0.39 is 0 Å². The van der Waals surface area contributed by atoms with E-state index in [2.05, 4.69) is 54.0 Å². The van der Waals surface area contributed by atoms with Gasteiger partial charge in [0.25, 0.3) is 5.91 Å². The van der Waals surface area contributed by atoms with Crippen LogP contribution in [0.25, 0.3) is 0 Å². The van der Waals surface area contributed by atoms with Crippen LogP contribution in [-0.2, 0) is 13.1 Å². The molecule has 1 fully saturated rings. The molecule has 1 aliphatic carbocycles. The van der Waals surface area contributed by atoms with Crippen LogP contribution >= 0.6 is 0 Å². The van der Waals surface area contributed by atoms with Gasteiger partial charge in [-0.05, 0) is 47.7 Å². The van der Waals surface area contributed by atoms with Crippen LogP contribution in [-0.4, -0.2) is 11.9 Å². The van der Waals surface area contributed by atoms with Gasteiger partial charge in [-0.15, -0.1) is 0 Å². The minimum Gasteiger partial charge on any atom is -0.348 e. The summed E-state index contributed by atoms with van der Waals surface area (Å²) in [5.41, 5.74) is 5.82. The lowest BCUT2D eigenvalue weighted by Crippen LogP contribution is -2.22. The van der Waals surface area contributed by atoms with Gasteiger partial charge in [0.1, 0.15) is 0 Å². The number of hydrogen-bond donors (Lipinski definition) is 2. The van der Waals surface area contributed by atoms with Crippen LogP contribution < -0.4 is 10.6 Å². The van der Waals surface area contributed by atoms with Crippen molar-refractivity contribution < 1.29 is 4.79 Å². The zero-order valence-electron chi connectivity index (χ0n) is 16.2. The molecule has 1 saturated carbocycles. The molecule has 28 heavy (non-hydrogen) atoms. The topological polar surface area (TPSA) is 41.1 Å². The third-order valence-corrected chi connectivity index (χ3v) is 5.50. The first-order valence-electron chi connectivity index (χ1n) is 9.90. The van der Waals surface area contributed by atoms with Crippen LogP contribution in [0.2, 0.25) is 0 Å². The van der Waals surface area contributed by atoms with Crippen molar-refractivity contribution >= 4 is 5.91 Å². The van der Waals surface area contributed by atoms with Crippen molar-refractivity contribution in [2.45, 2.75) is 38.4 Å². The molecule has 0 unspecified atom stereocenters. The molecule has 2 atom stereocenters. The highest BCUT2D eigenvalue weighted by Crippen LogP contribution is 2.41. The Morgan fingerprint density at radius 3 is 2.36 bits per heavy atom. The lowest BCUT2D eigenvalue weighted by Gasteiger charge is -2.08. The molecule has 3 heteroatoms. The van der Waals surface area contributed by atoms with Crippen LogP contribution in [0.3, 0.4) is 0 Å². The van der Waals surface area contributed by atoms with Crippen LogP contribution in [0.4, 0.5) is 0 Å². The second-order valence-corrected chi connectivity index (χ2v) is 7.55. The van der Waals surface area contributed by atoms with Crippen molar-refractivity contribution in [3.05, 3.63) is 107 Å². The summed E-state index contributed by atoms with van der Waals surface area (Å²) in [5.74, 6) is 0.519. The maximum Gasteiger partial charge on any atom is 0.251 e. The minimum atomic E-state index is -0.0274. The van der Waals surface area contributed by atoms with E-state index in [0.29, 0.717) is 24.1 Å². The summed E-state index contributed by atoms with van der Waals surface area (Å²) in [6.07, 6.45) is 1.16. The maximum atomic E-state index is 12.3. The van der Waals surface area contributed by atoms with Gasteiger partial charge in [-0.2, -0.15) is 0 Å². The fourth-order valence-electron chi connectivity index (χ4n) is 3.60. The van der Waals surface area contributed by atoms with Gasteiger partial charge in [-0.25, -0.2) is 0 Å². The lowest BCUT2D eigenvalue weighted by molar-refractivity contribution is 0.0951. The van der Waals surface area contributed by atoms with Gasteiger partial charge in [0.15, 0.2) is 0 Å². The lowest BCUT2D eigenvalue weighted by atomic mass is 10.1. The van der Waals surface area contributed by atoms with E-state index in [1.807, 2.05) is 42.5 Å². The van der Waals surface area contributed by atoms with Crippen molar-refractivity contribution in [3.63, 3.8) is 0 Å². The Kier molecular flexibility index (Phi) is 5.54. The Labute approximate surface area is 166 Å². The molecule has 2 N–H and O–H groups in total. The quantitative estimate of drug-likeness (QED) is 0.640. The molecular weight excluding hydrogens is 344 g/mol. The largest absolute Gasteiger partial charge is 0.348 e. The van der Waals surface area contributed by atoms with E-state index in [-0.39, 0.29) is 5.91 Å². The Morgan fingerprint density at radius 2 is 1.61 bits per heavy atom. The number of aryl methyl sites for hydroxylation is 1. The fraction of sp³-hybridized carbons (Fsp3) is 0.240. The summed E-state index contributed by atoms with van der Waals surface area (Å²) in [4.78, 5) is 12.3. The Morgan fingerprint density at radius 1 is 0.893 bits per heavy atom. The van der Waals surface area contributed by atoms with Gasteiger partial charge in [0, 0.05) is 30.6 Å². The van der Waals surface area contributed by atoms with Crippen molar-refractivity contribution in [3.8, 4) is 0 Å². The molecule has 0 saturated heterocycles. The SMILES string of the molecule is Cc1ccccc1CN[C@@H]1C[C@H]1c1ccc(C(=O)NCc2ccccc2)cc1. The molecule has 0 aromatic heterocycles. The van der Waals surface area contributed by atoms with Crippen LogP contribution in [0.1, 0.15) is 45.0 Å². The summed E-state index contributed by atoms with van der Waals surface area (Å²) < 4.78 is 0. The van der Waals surface area contributed by atoms with Crippen molar-refractivity contribution in [1.29, 1.82) is 0 Å². The molecular formula is C25H26N2O. The van der Waals surface area contributed by atoms with E-state index in [0.717, 1.165) is 18.5 Å². The zero-order chi connectivity index (χ0) is 19.3. The van der Waals surface area contributed by atoms with Crippen molar-refractivity contribution in [2.24, 2.45) is 0 Å². The van der Waals surface area contributed by atoms with Crippen LogP contribution in [0, 0.1) is 6.92 Å². The van der Waals surface area contributed by atoms with Gasteiger partial charge < -0.3 is 10.6 Å². The number of carbonyl (C=O) groups is 1. The fourth-order valence-corrected chi connectivity index (χ4v) is 3.60. The predicted octanol–water partition coefficient (Wildman–Crippen LogP) is 4.57. The van der Waals surface area contributed by atoms with Crippen LogP contribution in [0.5, 0.6) is 0 Å². The smallest absolute Gasteiger partial charge is 0.251 e. The number of hydrogen-bond acceptors (Lipinski definition) is 2. The minimum absolute atomic E-state index is 0.0274. The highest BCUT2D eigenvalue weighted by Gasteiger charge is 2.37. The number of nitrogens with one attached hydrogen (secondary N) is 2. The first-order chi connectivity index (χ1) is 13.7. The van der Waals surface area contributed by atoms with Crippen molar-refractivity contribution in [1.82, 2.24) is 10.6 Å². The predicted molar refractivity (Wildman–Crippen MR) is 113 cm³/mol. The van der Waals surface area contributed by atoms with Gasteiger partial charge in [0.2, 0.25) is 0 Å². The molecule has 142 valence electrons. The first-order valence-corrected chi connectivity index (χ1v) is 9.90. The van der Waals surface area contributed by atoms with Gasteiger partial charge >= 0.3 is 0 Å². The molecule has 0 heterocycles. The average Bonchev–Trinajstić information content (AvgIpc) is 3.52. The molecule has 1 aliphatic rings. The molecule has 3 aromatic rings. The van der Waals surface area contributed by atoms with Gasteiger partial charge in [0.05, 0.1) is 0 Å². The first kappa shape index (κ1) is 18.5. The van der Waals surface area contributed by atoms with Gasteiger partial charge in [-0.1, -0.05) is 66.7 Å². The summed E-state index contributed by atoms with van der Waals surface area (Å²) >= 11 is 0. The summed E-state index contributed by atoms with van der Waals surface area (Å²) in [6.45, 7) is 3.62. The second kappa shape index (κ2) is 8.41. The summed E-state index contributed by atoms with van der Waals surface area (Å²) in [7, 11) is 0. The van der Waals surface area contributed by atoms with E-state index in [4.69, 9.17) is 0 Å². The molecule has 0 aliphatic heterocycles. The van der Waals surface area contributed by atoms with E-state index in [1.165, 1.54) is 16.7 Å². The monoisotopic (exact) mass is 370 g/mol. The third-order valence-electron chi connectivity index (χ3n) is 5.50. The molecule has 0 radical (unpaired) electrons. The standard InChI is InChI=1S/C25H26N2O/c1-18-7-5-6-10-22(18)17-26-24-15-23(24)20-11-13-21(14-12-20)25(28)27-16-19-8-3-2-4-9-19/h2-14,23-24,26H,15-17H2,1H3,(H,27,28)/t23-,24+/m0/s1. The average molecular weight is 370 g/mol. The van der Waals surface area contributed by atoms with Crippen molar-refractivity contribution in [2.75, 3.05) is 0 Å². The molecule has 4 rings (SSSR count). The number of amides is 1. The molecule has 0 bridgehead atoms. The second-order valence-electron chi connectivity index (χ2n) is 7.55. The normalized spacial score (nSPS) is 17.9. The number of rotatable bonds is 7. The van der Waals surface area contributed by atoms with E-state index >= 15 is 0 Å². The highest BCUT2D eigenvalue weighted by molar-refractivity contribution is 5.94. The van der Waals surface area contributed by atoms with Gasteiger partial charge in [-0.3, -0.25) is 4.79 Å². The summed E-state index contributed by atoms with van der Waals surface area (Å²) in [6, 6.07) is 27.1. The molecule has 0 spiro atoms. The Balaban J connectivity index is 1.28. The number of benzene rings is 3. The Hall–Kier alpha value is -2.91. The third kappa shape index (κ3) is 4.49. The highest BCUT2D eigenvalue weighted by atomic mass is 16.1. The zero-order valence-corrected chi connectivity index (χ0v) is 16.2. The summed E-state index contributed by atoms with van der Waals surface area (Å²) in [5, 5.41) is 6.64. The van der Waals surface area contributed by atoms with E-state index in [1.54, 1.807) is 0 Å². The molecule has 3 nitrogen and oxygen atoms in total. The molecule has 3 aromatic carbocycles. The Bertz CT molecular complexity index is 934. The molecule has 1 amide bonds. The van der Waals surface area contributed by atoms with E-state index in [9.17, 15) is 4.79 Å².